The number of nitrogens with two attached hydrogens (primary N) is 1. The lowest BCUT2D eigenvalue weighted by atomic mass is 10.1. The van der Waals surface area contributed by atoms with Crippen molar-refractivity contribution in [1.82, 2.24) is 5.32 Å². The van der Waals surface area contributed by atoms with Crippen LogP contribution >= 0.6 is 0 Å². The van der Waals surface area contributed by atoms with E-state index in [1.807, 2.05) is 61.6 Å². The minimum absolute atomic E-state index is 0.299. The summed E-state index contributed by atoms with van der Waals surface area (Å²) >= 11 is 0. The predicted octanol–water partition coefficient (Wildman–Crippen LogP) is 2.95. The fourth-order valence-electron chi connectivity index (χ4n) is 1.55. The summed E-state index contributed by atoms with van der Waals surface area (Å²) in [6, 6.07) is 9.83. The van der Waals surface area contributed by atoms with Crippen LogP contribution in [0.15, 0.2) is 71.8 Å². The van der Waals surface area contributed by atoms with E-state index in [0.717, 1.165) is 11.1 Å². The molecule has 3 heteroatoms. The Bertz CT molecular complexity index is 484. The molecule has 3 nitrogen and oxygen atoms in total. The summed E-state index contributed by atoms with van der Waals surface area (Å²) in [4.78, 5) is 4.18. The molecule has 0 radical (unpaired) electrons. The highest BCUT2D eigenvalue weighted by Crippen LogP contribution is 2.08. The van der Waals surface area contributed by atoms with Crippen LogP contribution in [0.4, 0.5) is 0 Å². The molecule has 19 heavy (non-hydrogen) atoms. The SMILES string of the molecule is C=C(/C=C\C=CC)C(=NC)NC(N)c1ccccc1. The Kier molecular flexibility index (Phi) is 6.33. The minimum atomic E-state index is -0.299. The molecule has 3 N–H and O–H groups in total. The van der Waals surface area contributed by atoms with E-state index in [-0.39, 0.29) is 6.17 Å². The Balaban J connectivity index is 2.70. The summed E-state index contributed by atoms with van der Waals surface area (Å²) < 4.78 is 0. The Labute approximate surface area is 115 Å². The third kappa shape index (κ3) is 4.94. The third-order valence-electron chi connectivity index (χ3n) is 2.58. The van der Waals surface area contributed by atoms with Crippen molar-refractivity contribution in [1.29, 1.82) is 0 Å². The van der Waals surface area contributed by atoms with E-state index < -0.39 is 0 Å². The van der Waals surface area contributed by atoms with Crippen molar-refractivity contribution in [2.45, 2.75) is 13.1 Å². The largest absolute Gasteiger partial charge is 0.351 e. The van der Waals surface area contributed by atoms with Crippen molar-refractivity contribution in [2.24, 2.45) is 10.7 Å². The molecule has 0 saturated heterocycles. The highest BCUT2D eigenvalue weighted by molar-refractivity contribution is 6.00. The molecular formula is C16H21N3. The van der Waals surface area contributed by atoms with Gasteiger partial charge in [-0.05, 0) is 12.5 Å². The molecular weight excluding hydrogens is 234 g/mol. The second-order valence-corrected chi connectivity index (χ2v) is 4.02. The summed E-state index contributed by atoms with van der Waals surface area (Å²) in [6.07, 6.45) is 7.41. The normalized spacial score (nSPS) is 13.9. The molecule has 1 rings (SSSR count). The van der Waals surface area contributed by atoms with Gasteiger partial charge in [-0.2, -0.15) is 0 Å². The molecule has 0 bridgehead atoms. The van der Waals surface area contributed by atoms with Gasteiger partial charge in [0.15, 0.2) is 0 Å². The molecule has 0 aliphatic rings. The molecule has 0 heterocycles. The molecule has 1 unspecified atom stereocenters. The van der Waals surface area contributed by atoms with Crippen molar-refractivity contribution in [3.63, 3.8) is 0 Å². The zero-order valence-electron chi connectivity index (χ0n) is 11.5. The molecule has 1 aromatic rings. The van der Waals surface area contributed by atoms with E-state index in [9.17, 15) is 0 Å². The van der Waals surface area contributed by atoms with Gasteiger partial charge in [0.2, 0.25) is 0 Å². The van der Waals surface area contributed by atoms with Crippen LogP contribution in [0, 0.1) is 0 Å². The second-order valence-electron chi connectivity index (χ2n) is 4.02. The maximum Gasteiger partial charge on any atom is 0.128 e. The van der Waals surface area contributed by atoms with Crippen LogP contribution in [0.2, 0.25) is 0 Å². The maximum atomic E-state index is 6.09. The monoisotopic (exact) mass is 255 g/mol. The van der Waals surface area contributed by atoms with Gasteiger partial charge in [0.1, 0.15) is 12.0 Å². The molecule has 0 aliphatic heterocycles. The summed E-state index contributed by atoms with van der Waals surface area (Å²) in [6.45, 7) is 5.94. The summed E-state index contributed by atoms with van der Waals surface area (Å²) in [5, 5.41) is 3.16. The average Bonchev–Trinajstić information content (AvgIpc) is 2.45. The number of hydrogen-bond acceptors (Lipinski definition) is 2. The van der Waals surface area contributed by atoms with Gasteiger partial charge < -0.3 is 11.1 Å². The van der Waals surface area contributed by atoms with Crippen molar-refractivity contribution >= 4 is 5.84 Å². The number of nitrogens with one attached hydrogen (secondary N) is 1. The van der Waals surface area contributed by atoms with Gasteiger partial charge in [-0.15, -0.1) is 0 Å². The number of rotatable bonds is 5. The lowest BCUT2D eigenvalue weighted by Crippen LogP contribution is -2.34. The molecule has 0 fully saturated rings. The molecule has 1 aromatic carbocycles. The standard InChI is InChI=1S/C16H21N3/c1-4-5-7-10-13(2)16(18-3)19-15(17)14-11-8-6-9-12-14/h4-12,15H,2,17H2,1,3H3,(H,18,19)/b5-4?,10-7-. The van der Waals surface area contributed by atoms with Crippen LogP contribution < -0.4 is 11.1 Å². The smallest absolute Gasteiger partial charge is 0.128 e. The predicted molar refractivity (Wildman–Crippen MR) is 83.0 cm³/mol. The summed E-state index contributed by atoms with van der Waals surface area (Å²) in [5.41, 5.74) is 7.90. The molecule has 100 valence electrons. The van der Waals surface area contributed by atoms with E-state index in [1.54, 1.807) is 7.05 Å². The van der Waals surface area contributed by atoms with Crippen molar-refractivity contribution in [3.05, 3.63) is 72.4 Å². The van der Waals surface area contributed by atoms with Crippen LogP contribution in [-0.2, 0) is 0 Å². The highest BCUT2D eigenvalue weighted by Gasteiger charge is 2.08. The number of amidine groups is 1. The number of nitrogens with zero attached hydrogens (tertiary/aromatic N) is 1. The lowest BCUT2D eigenvalue weighted by molar-refractivity contribution is 0.681. The van der Waals surface area contributed by atoms with Gasteiger partial charge in [0.05, 0.1) is 0 Å². The van der Waals surface area contributed by atoms with E-state index >= 15 is 0 Å². The zero-order chi connectivity index (χ0) is 14.1. The van der Waals surface area contributed by atoms with E-state index in [0.29, 0.717) is 5.84 Å². The molecule has 0 aromatic heterocycles. The minimum Gasteiger partial charge on any atom is -0.351 e. The van der Waals surface area contributed by atoms with Crippen molar-refractivity contribution in [2.75, 3.05) is 7.05 Å². The first-order chi connectivity index (χ1) is 9.19. The van der Waals surface area contributed by atoms with Gasteiger partial charge in [-0.1, -0.05) is 61.2 Å². The van der Waals surface area contributed by atoms with Crippen molar-refractivity contribution in [3.8, 4) is 0 Å². The fraction of sp³-hybridized carbons (Fsp3) is 0.188. The van der Waals surface area contributed by atoms with Gasteiger partial charge in [0.25, 0.3) is 0 Å². The van der Waals surface area contributed by atoms with Crippen LogP contribution in [-0.4, -0.2) is 12.9 Å². The Morgan fingerprint density at radius 3 is 2.58 bits per heavy atom. The molecule has 0 saturated carbocycles. The maximum absolute atomic E-state index is 6.09. The van der Waals surface area contributed by atoms with Crippen LogP contribution in [0.1, 0.15) is 18.7 Å². The topological polar surface area (TPSA) is 50.4 Å². The first kappa shape index (κ1) is 14.9. The molecule has 0 spiro atoms. The Hall–Kier alpha value is -2.13. The zero-order valence-corrected chi connectivity index (χ0v) is 11.5. The Morgan fingerprint density at radius 2 is 2.00 bits per heavy atom. The van der Waals surface area contributed by atoms with Crippen LogP contribution in [0.3, 0.4) is 0 Å². The Morgan fingerprint density at radius 1 is 1.32 bits per heavy atom. The summed E-state index contributed by atoms with van der Waals surface area (Å²) in [5.74, 6) is 0.692. The highest BCUT2D eigenvalue weighted by atomic mass is 15.1. The van der Waals surface area contributed by atoms with Gasteiger partial charge in [-0.25, -0.2) is 0 Å². The number of benzene rings is 1. The van der Waals surface area contributed by atoms with Crippen LogP contribution in [0.5, 0.6) is 0 Å². The molecule has 1 atom stereocenters. The number of aliphatic imine (C=N–C) groups is 1. The van der Waals surface area contributed by atoms with Crippen LogP contribution in [0.25, 0.3) is 0 Å². The number of hydrogen-bond donors (Lipinski definition) is 2. The van der Waals surface area contributed by atoms with E-state index in [2.05, 4.69) is 16.9 Å². The molecule has 0 amide bonds. The van der Waals surface area contributed by atoms with Crippen molar-refractivity contribution < 1.29 is 0 Å². The number of allylic oxidation sites excluding steroid dienone is 3. The lowest BCUT2D eigenvalue weighted by Gasteiger charge is -2.17. The van der Waals surface area contributed by atoms with Gasteiger partial charge in [-0.3, -0.25) is 4.99 Å². The molecule has 0 aliphatic carbocycles. The fourth-order valence-corrected chi connectivity index (χ4v) is 1.55. The first-order valence-electron chi connectivity index (χ1n) is 6.21. The quantitative estimate of drug-likeness (QED) is 0.368. The first-order valence-corrected chi connectivity index (χ1v) is 6.21. The van der Waals surface area contributed by atoms with Gasteiger partial charge >= 0.3 is 0 Å². The average molecular weight is 255 g/mol. The third-order valence-corrected chi connectivity index (χ3v) is 2.58. The van der Waals surface area contributed by atoms with E-state index in [1.165, 1.54) is 0 Å². The summed E-state index contributed by atoms with van der Waals surface area (Å²) in [7, 11) is 1.72. The second kappa shape index (κ2) is 8.06. The van der Waals surface area contributed by atoms with Gasteiger partial charge in [0, 0.05) is 12.6 Å². The van der Waals surface area contributed by atoms with E-state index in [4.69, 9.17) is 5.73 Å².